The first-order chi connectivity index (χ1) is 9.51. The molecule has 0 bridgehead atoms. The molecule has 118 valence electrons. The molecule has 0 unspecified atom stereocenters. The molecule has 0 N–H and O–H groups in total. The average molecular weight is 316 g/mol. The first-order valence-electron chi connectivity index (χ1n) is 6.84. The molecule has 0 saturated heterocycles. The smallest absolute Gasteiger partial charge is 1.00 e. The molecule has 2 aromatic rings. The van der Waals surface area contributed by atoms with Crippen LogP contribution < -0.4 is 23.7 Å². The summed E-state index contributed by atoms with van der Waals surface area (Å²) in [6.45, 7) is 7.70. The Bertz CT molecular complexity index is 732. The topological polar surface area (TPSA) is 65.1 Å². The molecule has 0 atom stereocenters. The molecule has 0 aliphatic rings. The Labute approximate surface area is 130 Å². The number of likely N-dealkylation sites (N-methyl/N-ethyl adjacent to an activating group) is 1. The molecule has 0 saturated carbocycles. The highest BCUT2D eigenvalue weighted by atomic mass is 35.5. The highest BCUT2D eigenvalue weighted by molar-refractivity contribution is 5.69. The number of imidazole rings is 1. The summed E-state index contributed by atoms with van der Waals surface area (Å²) in [6.07, 6.45) is 1.63. The molecule has 2 heterocycles. The van der Waals surface area contributed by atoms with Crippen LogP contribution in [0.5, 0.6) is 0 Å². The molecule has 2 aromatic heterocycles. The van der Waals surface area contributed by atoms with Crippen molar-refractivity contribution in [2.75, 3.05) is 19.6 Å². The molecular weight excluding hydrogens is 294 g/mol. The Morgan fingerprint density at radius 3 is 2.38 bits per heavy atom. The summed E-state index contributed by atoms with van der Waals surface area (Å²) < 4.78 is 4.36. The van der Waals surface area contributed by atoms with Crippen molar-refractivity contribution in [2.45, 2.75) is 20.4 Å². The lowest BCUT2D eigenvalue weighted by Crippen LogP contribution is -3.00. The van der Waals surface area contributed by atoms with Crippen LogP contribution in [0.3, 0.4) is 0 Å². The van der Waals surface area contributed by atoms with Gasteiger partial charge in [-0.3, -0.25) is 13.9 Å². The van der Waals surface area contributed by atoms with Gasteiger partial charge in [0.1, 0.15) is 0 Å². The molecular formula is C13H22ClN5O2. The van der Waals surface area contributed by atoms with Crippen LogP contribution in [0.4, 0.5) is 0 Å². The van der Waals surface area contributed by atoms with Crippen molar-refractivity contribution in [3.05, 3.63) is 27.2 Å². The molecule has 0 fully saturated rings. The zero-order chi connectivity index (χ0) is 14.9. The fourth-order valence-electron chi connectivity index (χ4n) is 2.36. The van der Waals surface area contributed by atoms with Crippen LogP contribution in [0.2, 0.25) is 0 Å². The van der Waals surface area contributed by atoms with Gasteiger partial charge in [0.15, 0.2) is 11.2 Å². The van der Waals surface area contributed by atoms with Crippen LogP contribution in [0.15, 0.2) is 15.9 Å². The van der Waals surface area contributed by atoms with Gasteiger partial charge in [-0.25, -0.2) is 9.78 Å². The van der Waals surface area contributed by atoms with Crippen LogP contribution in [0, 0.1) is 0 Å². The monoisotopic (exact) mass is 315 g/mol. The van der Waals surface area contributed by atoms with Gasteiger partial charge in [-0.2, -0.15) is 0 Å². The van der Waals surface area contributed by atoms with Crippen molar-refractivity contribution in [1.82, 2.24) is 23.6 Å². The summed E-state index contributed by atoms with van der Waals surface area (Å²) in [5.74, 6) is 0. The molecule has 0 radical (unpaired) electrons. The predicted molar refractivity (Wildman–Crippen MR) is 79.1 cm³/mol. The van der Waals surface area contributed by atoms with Gasteiger partial charge < -0.3 is 21.9 Å². The van der Waals surface area contributed by atoms with Gasteiger partial charge in [0.05, 0.1) is 6.33 Å². The standard InChI is InChI=1S/C13H21N5O2.ClH/c1-5-17(6-2)7-8-18-9-14-11-10(18)12(19)16(4)13(20)15(11)3;/h9H,5-8H2,1-4H3;1H. The number of aromatic nitrogens is 4. The SMILES string of the molecule is CCN(CC)CCn1cnc2c1c(=O)n(C)c(=O)n2C.[Cl-].[H+]. The Morgan fingerprint density at radius 1 is 1.19 bits per heavy atom. The minimum absolute atomic E-state index is 0. The van der Waals surface area contributed by atoms with E-state index in [4.69, 9.17) is 0 Å². The predicted octanol–water partition coefficient (Wildman–Crippen LogP) is -3.11. The maximum Gasteiger partial charge on any atom is 1.00 e. The Balaban J connectivity index is 0.00000220. The second kappa shape index (κ2) is 6.91. The second-order valence-electron chi connectivity index (χ2n) is 4.84. The number of fused-ring (bicyclic) bond motifs is 1. The molecule has 0 aromatic carbocycles. The third-order valence-corrected chi connectivity index (χ3v) is 3.77. The van der Waals surface area contributed by atoms with E-state index in [2.05, 4.69) is 23.7 Å². The lowest BCUT2D eigenvalue weighted by molar-refractivity contribution is -0.00000458. The van der Waals surface area contributed by atoms with Crippen molar-refractivity contribution >= 4 is 11.2 Å². The van der Waals surface area contributed by atoms with Crippen LogP contribution in [0.1, 0.15) is 15.3 Å². The van der Waals surface area contributed by atoms with E-state index in [0.29, 0.717) is 17.7 Å². The zero-order valence-electron chi connectivity index (χ0n) is 13.8. The number of rotatable bonds is 5. The third-order valence-electron chi connectivity index (χ3n) is 3.77. The maximum absolute atomic E-state index is 12.2. The lowest BCUT2D eigenvalue weighted by Gasteiger charge is -2.18. The van der Waals surface area contributed by atoms with Gasteiger partial charge in [0, 0.05) is 27.2 Å². The van der Waals surface area contributed by atoms with Gasteiger partial charge >= 0.3 is 7.12 Å². The quantitative estimate of drug-likeness (QED) is 0.586. The molecule has 7 nitrogen and oxygen atoms in total. The average Bonchev–Trinajstić information content (AvgIpc) is 2.88. The highest BCUT2D eigenvalue weighted by Gasteiger charge is 2.14. The summed E-state index contributed by atoms with van der Waals surface area (Å²) >= 11 is 0. The van der Waals surface area contributed by atoms with Crippen molar-refractivity contribution in [2.24, 2.45) is 14.1 Å². The van der Waals surface area contributed by atoms with E-state index in [-0.39, 0.29) is 25.1 Å². The zero-order valence-corrected chi connectivity index (χ0v) is 13.6. The molecule has 8 heteroatoms. The van der Waals surface area contributed by atoms with Gasteiger partial charge in [-0.15, -0.1) is 0 Å². The molecule has 0 amide bonds. The number of aryl methyl sites for hydroxylation is 1. The van der Waals surface area contributed by atoms with E-state index in [1.807, 2.05) is 4.57 Å². The Kier molecular flexibility index (Phi) is 5.74. The van der Waals surface area contributed by atoms with Gasteiger partial charge in [-0.05, 0) is 13.1 Å². The number of halogens is 1. The summed E-state index contributed by atoms with van der Waals surface area (Å²) in [5.41, 5.74) is 0.288. The molecule has 2 rings (SSSR count). The van der Waals surface area contributed by atoms with E-state index in [1.54, 1.807) is 13.4 Å². The number of hydrogen-bond acceptors (Lipinski definition) is 4. The van der Waals surface area contributed by atoms with E-state index in [0.717, 1.165) is 24.2 Å². The van der Waals surface area contributed by atoms with Crippen molar-refractivity contribution < 1.29 is 13.8 Å². The highest BCUT2D eigenvalue weighted by Crippen LogP contribution is 2.05. The van der Waals surface area contributed by atoms with Gasteiger partial charge in [-0.1, -0.05) is 13.8 Å². The minimum atomic E-state index is -0.350. The van der Waals surface area contributed by atoms with Crippen molar-refractivity contribution in [1.29, 1.82) is 0 Å². The molecule has 0 aliphatic heterocycles. The Morgan fingerprint density at radius 2 is 1.81 bits per heavy atom. The number of nitrogens with zero attached hydrogens (tertiary/aromatic N) is 5. The van der Waals surface area contributed by atoms with Crippen LogP contribution >= 0.6 is 0 Å². The van der Waals surface area contributed by atoms with Crippen molar-refractivity contribution in [3.63, 3.8) is 0 Å². The summed E-state index contributed by atoms with van der Waals surface area (Å²) in [7, 11) is 3.12. The van der Waals surface area contributed by atoms with Crippen LogP contribution in [0.25, 0.3) is 11.2 Å². The first-order valence-corrected chi connectivity index (χ1v) is 6.84. The van der Waals surface area contributed by atoms with Gasteiger partial charge in [0.2, 0.25) is 0 Å². The first kappa shape index (κ1) is 17.5. The summed E-state index contributed by atoms with van der Waals surface area (Å²) in [6, 6.07) is 0. The summed E-state index contributed by atoms with van der Waals surface area (Å²) in [4.78, 5) is 30.6. The summed E-state index contributed by atoms with van der Waals surface area (Å²) in [5, 5.41) is 0. The van der Waals surface area contributed by atoms with E-state index in [9.17, 15) is 9.59 Å². The molecule has 21 heavy (non-hydrogen) atoms. The third kappa shape index (κ3) is 3.03. The van der Waals surface area contributed by atoms with E-state index in [1.165, 1.54) is 11.6 Å². The van der Waals surface area contributed by atoms with E-state index >= 15 is 0 Å². The minimum Gasteiger partial charge on any atom is -1.00 e. The second-order valence-corrected chi connectivity index (χ2v) is 4.84. The number of hydrogen-bond donors (Lipinski definition) is 0. The molecule has 0 spiro atoms. The van der Waals surface area contributed by atoms with Crippen molar-refractivity contribution in [3.8, 4) is 0 Å². The maximum atomic E-state index is 12.2. The fourth-order valence-corrected chi connectivity index (χ4v) is 2.36. The van der Waals surface area contributed by atoms with Gasteiger partial charge in [0.25, 0.3) is 5.56 Å². The van der Waals surface area contributed by atoms with Crippen LogP contribution in [-0.4, -0.2) is 43.2 Å². The molecule has 0 aliphatic carbocycles. The Hall–Kier alpha value is -1.60. The normalized spacial score (nSPS) is 11.1. The fraction of sp³-hybridized carbons (Fsp3) is 0.615. The largest absolute Gasteiger partial charge is 1.00 e. The van der Waals surface area contributed by atoms with E-state index < -0.39 is 0 Å². The lowest BCUT2D eigenvalue weighted by atomic mass is 10.4. The van der Waals surface area contributed by atoms with Crippen LogP contribution in [-0.2, 0) is 20.6 Å².